The maximum Gasteiger partial charge on any atom is 0.335 e. The number of sulfone groups is 1. The lowest BCUT2D eigenvalue weighted by atomic mass is 10.1. The molecule has 8 heteroatoms. The third-order valence-electron chi connectivity index (χ3n) is 2.32. The number of aromatic carboxylic acids is 1. The summed E-state index contributed by atoms with van der Waals surface area (Å²) in [5, 5.41) is 8.90. The Bertz CT molecular complexity index is 653. The van der Waals surface area contributed by atoms with Crippen molar-refractivity contribution in [1.29, 1.82) is 0 Å². The Hall–Kier alpha value is -0.560. The van der Waals surface area contributed by atoms with Crippen molar-refractivity contribution in [3.8, 4) is 0 Å². The first kappa shape index (κ1) is 16.5. The van der Waals surface area contributed by atoms with E-state index in [0.29, 0.717) is 10.0 Å². The molecule has 0 atom stereocenters. The predicted molar refractivity (Wildman–Crippen MR) is 77.7 cm³/mol. The minimum absolute atomic E-state index is 0.0436. The molecule has 0 amide bonds. The summed E-state index contributed by atoms with van der Waals surface area (Å²) in [7, 11) is -3.76. The zero-order chi connectivity index (χ0) is 14.8. The van der Waals surface area contributed by atoms with E-state index >= 15 is 0 Å². The monoisotopic (exact) mass is 386 g/mol. The molecule has 0 radical (unpaired) electrons. The van der Waals surface area contributed by atoms with Crippen molar-refractivity contribution in [1.82, 2.24) is 0 Å². The third kappa shape index (κ3) is 3.95. The van der Waals surface area contributed by atoms with Gasteiger partial charge in [0.1, 0.15) is 0 Å². The van der Waals surface area contributed by atoms with Crippen LogP contribution >= 0.6 is 39.1 Å². The number of benzene rings is 1. The Labute approximate surface area is 129 Å². The third-order valence-corrected chi connectivity index (χ3v) is 5.71. The van der Waals surface area contributed by atoms with Gasteiger partial charge in [-0.2, -0.15) is 0 Å². The molecule has 0 aliphatic rings. The minimum Gasteiger partial charge on any atom is -0.478 e. The summed E-state index contributed by atoms with van der Waals surface area (Å²) in [6.07, 6.45) is 0. The zero-order valence-corrected chi connectivity index (χ0v) is 13.6. The second-order valence-corrected chi connectivity index (χ2v) is 7.22. The van der Waals surface area contributed by atoms with Gasteiger partial charge in [-0.1, -0.05) is 39.1 Å². The van der Waals surface area contributed by atoms with E-state index in [4.69, 9.17) is 28.3 Å². The molecule has 1 N–H and O–H groups in total. The van der Waals surface area contributed by atoms with Crippen molar-refractivity contribution in [2.45, 2.75) is 11.8 Å². The molecule has 0 aromatic heterocycles. The Morgan fingerprint density at radius 3 is 2.53 bits per heavy atom. The number of hydrogen-bond acceptors (Lipinski definition) is 3. The van der Waals surface area contributed by atoms with Gasteiger partial charge in [0, 0.05) is 15.0 Å². The number of halogens is 3. The molecule has 0 heterocycles. The van der Waals surface area contributed by atoms with Crippen molar-refractivity contribution in [3.05, 3.63) is 38.3 Å². The largest absolute Gasteiger partial charge is 0.478 e. The molecule has 0 saturated heterocycles. The molecule has 19 heavy (non-hydrogen) atoms. The molecule has 1 aromatic carbocycles. The fourth-order valence-electron chi connectivity index (χ4n) is 1.39. The molecular formula is C11H9BrCl2O4S. The van der Waals surface area contributed by atoms with Crippen molar-refractivity contribution >= 4 is 54.9 Å². The summed E-state index contributed by atoms with van der Waals surface area (Å²) >= 11 is 14.1. The lowest BCUT2D eigenvalue weighted by Gasteiger charge is -2.10. The smallest absolute Gasteiger partial charge is 0.335 e. The van der Waals surface area contributed by atoms with Crippen LogP contribution in [0.4, 0.5) is 0 Å². The highest BCUT2D eigenvalue weighted by Crippen LogP contribution is 2.28. The van der Waals surface area contributed by atoms with Crippen LogP contribution in [0.25, 0.3) is 0 Å². The molecule has 0 unspecified atom stereocenters. The number of hydrogen-bond donors (Lipinski definition) is 1. The van der Waals surface area contributed by atoms with Gasteiger partial charge in [-0.25, -0.2) is 13.2 Å². The number of carboxylic acids is 1. The van der Waals surface area contributed by atoms with Gasteiger partial charge >= 0.3 is 5.97 Å². The molecule has 1 aromatic rings. The average Bonchev–Trinajstić information content (AvgIpc) is 2.31. The highest BCUT2D eigenvalue weighted by Gasteiger charge is 2.22. The van der Waals surface area contributed by atoms with E-state index in [-0.39, 0.29) is 15.5 Å². The molecule has 0 aliphatic carbocycles. The Morgan fingerprint density at radius 2 is 2.05 bits per heavy atom. The van der Waals surface area contributed by atoms with E-state index in [1.54, 1.807) is 6.92 Å². The van der Waals surface area contributed by atoms with Crippen molar-refractivity contribution in [3.63, 3.8) is 0 Å². The van der Waals surface area contributed by atoms with Crippen LogP contribution in [0.15, 0.2) is 32.1 Å². The van der Waals surface area contributed by atoms with Crippen LogP contribution in [0.5, 0.6) is 0 Å². The first-order valence-electron chi connectivity index (χ1n) is 4.90. The number of carbonyl (C=O) groups is 1. The molecular weight excluding hydrogens is 379 g/mol. The van der Waals surface area contributed by atoms with E-state index < -0.39 is 21.6 Å². The second-order valence-electron chi connectivity index (χ2n) is 3.70. The summed E-state index contributed by atoms with van der Waals surface area (Å²) in [6.45, 7) is 1.57. The van der Waals surface area contributed by atoms with Gasteiger partial charge < -0.3 is 5.11 Å². The molecule has 0 spiro atoms. The minimum atomic E-state index is -3.76. The quantitative estimate of drug-likeness (QED) is 0.857. The Balaban J connectivity index is 3.45. The van der Waals surface area contributed by atoms with Gasteiger partial charge in [-0.15, -0.1) is 0 Å². The lowest BCUT2D eigenvalue weighted by Crippen LogP contribution is -2.11. The predicted octanol–water partition coefficient (Wildman–Crippen LogP) is 3.55. The summed E-state index contributed by atoms with van der Waals surface area (Å²) < 4.78 is 24.7. The molecule has 0 fully saturated rings. The lowest BCUT2D eigenvalue weighted by molar-refractivity contribution is 0.0696. The fraction of sp³-hybridized carbons (Fsp3) is 0.182. The maximum absolute atomic E-state index is 12.2. The first-order valence-corrected chi connectivity index (χ1v) is 8.16. The van der Waals surface area contributed by atoms with E-state index in [2.05, 4.69) is 15.9 Å². The topological polar surface area (TPSA) is 71.4 Å². The van der Waals surface area contributed by atoms with Gasteiger partial charge in [0.15, 0.2) is 9.84 Å². The normalized spacial score (nSPS) is 12.5. The van der Waals surface area contributed by atoms with Crippen LogP contribution in [0.2, 0.25) is 0 Å². The Morgan fingerprint density at radius 1 is 1.47 bits per heavy atom. The van der Waals surface area contributed by atoms with Crippen LogP contribution < -0.4 is 0 Å². The molecule has 0 saturated carbocycles. The highest BCUT2D eigenvalue weighted by atomic mass is 79.9. The standard InChI is InChI=1S/C11H9BrCl2O4S/c1-6-9(12)2-7(11(15)16)3-10(6)19(17,18)5-8(14)4-13/h2-4H,5H2,1H3,(H,15,16). The van der Waals surface area contributed by atoms with E-state index in [0.717, 1.165) is 11.6 Å². The van der Waals surface area contributed by atoms with E-state index in [9.17, 15) is 13.2 Å². The summed E-state index contributed by atoms with van der Waals surface area (Å²) in [5.74, 6) is -1.69. The van der Waals surface area contributed by atoms with Crippen LogP contribution in [0.3, 0.4) is 0 Å². The molecule has 1 rings (SSSR count). The van der Waals surface area contributed by atoms with Crippen LogP contribution in [-0.2, 0) is 9.84 Å². The molecule has 104 valence electrons. The van der Waals surface area contributed by atoms with Crippen molar-refractivity contribution in [2.75, 3.05) is 5.75 Å². The fourth-order valence-corrected chi connectivity index (χ4v) is 4.07. The van der Waals surface area contributed by atoms with Gasteiger partial charge in [-0.05, 0) is 24.6 Å². The van der Waals surface area contributed by atoms with Gasteiger partial charge in [0.2, 0.25) is 0 Å². The van der Waals surface area contributed by atoms with Crippen molar-refractivity contribution < 1.29 is 18.3 Å². The number of rotatable bonds is 4. The van der Waals surface area contributed by atoms with Gasteiger partial charge in [0.05, 0.1) is 16.2 Å². The van der Waals surface area contributed by atoms with Crippen molar-refractivity contribution in [2.24, 2.45) is 0 Å². The van der Waals surface area contributed by atoms with Crippen LogP contribution in [0, 0.1) is 6.92 Å². The average molecular weight is 388 g/mol. The summed E-state index contributed by atoms with van der Waals surface area (Å²) in [4.78, 5) is 10.9. The maximum atomic E-state index is 12.2. The van der Waals surface area contributed by atoms with E-state index in [1.165, 1.54) is 6.07 Å². The molecule has 4 nitrogen and oxygen atoms in total. The van der Waals surface area contributed by atoms with Crippen LogP contribution in [0.1, 0.15) is 15.9 Å². The van der Waals surface area contributed by atoms with Crippen LogP contribution in [-0.4, -0.2) is 25.2 Å². The summed E-state index contributed by atoms with van der Waals surface area (Å²) in [6, 6.07) is 2.45. The SMILES string of the molecule is Cc1c(Br)cc(C(=O)O)cc1S(=O)(=O)CC(Cl)=CCl. The summed E-state index contributed by atoms with van der Waals surface area (Å²) in [5.41, 5.74) is 1.26. The zero-order valence-electron chi connectivity index (χ0n) is 9.65. The molecule has 0 aliphatic heterocycles. The van der Waals surface area contributed by atoms with E-state index in [1.807, 2.05) is 0 Å². The Kier molecular flexibility index (Phi) is 5.43. The number of carboxylic acid groups (broad SMARTS) is 1. The van der Waals surface area contributed by atoms with Gasteiger partial charge in [-0.3, -0.25) is 0 Å². The van der Waals surface area contributed by atoms with Gasteiger partial charge in [0.25, 0.3) is 0 Å². The first-order chi connectivity index (χ1) is 8.69. The molecule has 0 bridgehead atoms. The highest BCUT2D eigenvalue weighted by molar-refractivity contribution is 9.10. The second kappa shape index (κ2) is 6.26.